The Hall–Kier alpha value is -2.40. The van der Waals surface area contributed by atoms with E-state index in [2.05, 4.69) is 22.4 Å². The molecule has 0 aliphatic heterocycles. The van der Waals surface area contributed by atoms with Crippen LogP contribution in [0.3, 0.4) is 0 Å². The fraction of sp³-hybridized carbons (Fsp3) is 0.400. The lowest BCUT2D eigenvalue weighted by atomic mass is 10.1. The van der Waals surface area contributed by atoms with Gasteiger partial charge < -0.3 is 15.3 Å². The maximum absolute atomic E-state index is 12.9. The van der Waals surface area contributed by atoms with Crippen LogP contribution >= 0.6 is 0 Å². The fourth-order valence-corrected chi connectivity index (χ4v) is 3.50. The number of nitrogens with one attached hydrogen (secondary N) is 1. The average molecular weight is 339 g/mol. The van der Waals surface area contributed by atoms with Gasteiger partial charge in [0.1, 0.15) is 0 Å². The lowest BCUT2D eigenvalue weighted by molar-refractivity contribution is 0.162. The molecule has 0 saturated carbocycles. The van der Waals surface area contributed by atoms with Crippen molar-refractivity contribution in [3.63, 3.8) is 0 Å². The number of hydrogen-bond donors (Lipinski definition) is 2. The summed E-state index contributed by atoms with van der Waals surface area (Å²) in [6.45, 7) is 2.60. The second-order valence-electron chi connectivity index (χ2n) is 6.48. The molecular weight excluding hydrogens is 314 g/mol. The molecule has 132 valence electrons. The number of hydrogen-bond acceptors (Lipinski definition) is 3. The number of aryl methyl sites for hydroxylation is 1. The smallest absolute Gasteiger partial charge is 0.318 e. The van der Waals surface area contributed by atoms with Crippen LogP contribution < -0.4 is 5.32 Å². The van der Waals surface area contributed by atoms with Crippen LogP contribution in [0.2, 0.25) is 0 Å². The third-order valence-corrected chi connectivity index (χ3v) is 4.84. The Morgan fingerprint density at radius 3 is 2.84 bits per heavy atom. The van der Waals surface area contributed by atoms with E-state index in [9.17, 15) is 9.90 Å². The van der Waals surface area contributed by atoms with Crippen LogP contribution in [-0.4, -0.2) is 34.2 Å². The lowest BCUT2D eigenvalue weighted by Gasteiger charge is -2.31. The Bertz CT molecular complexity index is 705. The summed E-state index contributed by atoms with van der Waals surface area (Å²) in [4.78, 5) is 18.8. The minimum absolute atomic E-state index is 0.0763. The normalized spacial score (nSPS) is 17.0. The zero-order chi connectivity index (χ0) is 17.6. The molecule has 1 aromatic heterocycles. The zero-order valence-corrected chi connectivity index (χ0v) is 14.6. The van der Waals surface area contributed by atoms with Crippen LogP contribution in [0.15, 0.2) is 48.8 Å². The number of aromatic nitrogens is 1. The highest BCUT2D eigenvalue weighted by Gasteiger charge is 2.31. The molecule has 2 amide bonds. The molecule has 0 saturated heterocycles. The SMILES string of the molecule is C[C@@H](NC(=O)N(CCCO)[C@@H]1CCc2ccccc21)c1ccncc1. The lowest BCUT2D eigenvalue weighted by Crippen LogP contribution is -2.43. The van der Waals surface area contributed by atoms with Gasteiger partial charge in [0, 0.05) is 25.5 Å². The summed E-state index contributed by atoms with van der Waals surface area (Å²) in [6, 6.07) is 12.0. The van der Waals surface area contributed by atoms with Gasteiger partial charge in [0.25, 0.3) is 0 Å². The molecule has 1 aliphatic rings. The molecule has 25 heavy (non-hydrogen) atoms. The number of pyridine rings is 1. The highest BCUT2D eigenvalue weighted by atomic mass is 16.3. The van der Waals surface area contributed by atoms with E-state index < -0.39 is 0 Å². The standard InChI is InChI=1S/C20H25N3O2/c1-15(16-9-11-21-12-10-16)22-20(25)23(13-4-14-24)19-8-7-17-5-2-3-6-18(17)19/h2-3,5-6,9-12,15,19,24H,4,7-8,13-14H2,1H3,(H,22,25)/t15-,19-/m1/s1. The summed E-state index contributed by atoms with van der Waals surface area (Å²) in [6.07, 6.45) is 5.96. The largest absolute Gasteiger partial charge is 0.396 e. The molecule has 3 rings (SSSR count). The summed E-state index contributed by atoms with van der Waals surface area (Å²) < 4.78 is 0. The predicted molar refractivity (Wildman–Crippen MR) is 97.1 cm³/mol. The van der Waals surface area contributed by atoms with E-state index in [1.165, 1.54) is 11.1 Å². The molecule has 0 fully saturated rings. The van der Waals surface area contributed by atoms with Crippen molar-refractivity contribution in [2.45, 2.75) is 38.3 Å². The number of benzene rings is 1. The molecule has 5 heteroatoms. The first-order valence-electron chi connectivity index (χ1n) is 8.86. The van der Waals surface area contributed by atoms with Crippen molar-refractivity contribution < 1.29 is 9.90 Å². The number of aliphatic hydroxyl groups is 1. The summed E-state index contributed by atoms with van der Waals surface area (Å²) in [5, 5.41) is 12.3. The van der Waals surface area contributed by atoms with Crippen LogP contribution in [0.4, 0.5) is 4.79 Å². The summed E-state index contributed by atoms with van der Waals surface area (Å²) in [7, 11) is 0. The van der Waals surface area contributed by atoms with Gasteiger partial charge in [0.2, 0.25) is 0 Å². The number of nitrogens with zero attached hydrogens (tertiary/aromatic N) is 2. The minimum atomic E-state index is -0.0937. The van der Waals surface area contributed by atoms with E-state index in [4.69, 9.17) is 0 Å². The Morgan fingerprint density at radius 2 is 2.08 bits per heavy atom. The number of carbonyl (C=O) groups excluding carboxylic acids is 1. The molecule has 0 spiro atoms. The highest BCUT2D eigenvalue weighted by molar-refractivity contribution is 5.75. The monoisotopic (exact) mass is 339 g/mol. The fourth-order valence-electron chi connectivity index (χ4n) is 3.50. The number of amides is 2. The average Bonchev–Trinajstić information content (AvgIpc) is 3.07. The Morgan fingerprint density at radius 1 is 1.32 bits per heavy atom. The molecule has 0 radical (unpaired) electrons. The van der Waals surface area contributed by atoms with Gasteiger partial charge in [-0.1, -0.05) is 24.3 Å². The summed E-state index contributed by atoms with van der Waals surface area (Å²) in [5.74, 6) is 0. The molecule has 1 aliphatic carbocycles. The van der Waals surface area contributed by atoms with Gasteiger partial charge >= 0.3 is 6.03 Å². The number of urea groups is 1. The van der Waals surface area contributed by atoms with Crippen molar-refractivity contribution in [3.8, 4) is 0 Å². The van der Waals surface area contributed by atoms with Gasteiger partial charge in [-0.15, -0.1) is 0 Å². The van der Waals surface area contributed by atoms with Crippen molar-refractivity contribution in [2.75, 3.05) is 13.2 Å². The Balaban J connectivity index is 1.75. The van der Waals surface area contributed by atoms with E-state index in [-0.39, 0.29) is 24.7 Å². The number of carbonyl (C=O) groups is 1. The van der Waals surface area contributed by atoms with Crippen molar-refractivity contribution in [2.24, 2.45) is 0 Å². The molecule has 1 aromatic carbocycles. The Kier molecular flexibility index (Phi) is 5.66. The van der Waals surface area contributed by atoms with Gasteiger partial charge in [-0.3, -0.25) is 4.98 Å². The molecule has 1 heterocycles. The third kappa shape index (κ3) is 3.99. The number of fused-ring (bicyclic) bond motifs is 1. The predicted octanol–water partition coefficient (Wildman–Crippen LogP) is 3.22. The molecule has 0 bridgehead atoms. The van der Waals surface area contributed by atoms with Gasteiger partial charge in [0.15, 0.2) is 0 Å². The van der Waals surface area contributed by atoms with Gasteiger partial charge in [-0.05, 0) is 55.0 Å². The van der Waals surface area contributed by atoms with Crippen LogP contribution in [0.25, 0.3) is 0 Å². The first-order valence-corrected chi connectivity index (χ1v) is 8.86. The van der Waals surface area contributed by atoms with E-state index >= 15 is 0 Å². The third-order valence-electron chi connectivity index (χ3n) is 4.84. The van der Waals surface area contributed by atoms with Gasteiger partial charge in [-0.2, -0.15) is 0 Å². The van der Waals surface area contributed by atoms with E-state index in [0.717, 1.165) is 18.4 Å². The first kappa shape index (κ1) is 17.4. The van der Waals surface area contributed by atoms with Crippen LogP contribution in [-0.2, 0) is 6.42 Å². The van der Waals surface area contributed by atoms with Crippen molar-refractivity contribution in [1.29, 1.82) is 0 Å². The first-order chi connectivity index (χ1) is 12.2. The number of aliphatic hydroxyl groups excluding tert-OH is 1. The van der Waals surface area contributed by atoms with E-state index in [1.807, 2.05) is 36.1 Å². The van der Waals surface area contributed by atoms with Crippen molar-refractivity contribution in [1.82, 2.24) is 15.2 Å². The van der Waals surface area contributed by atoms with E-state index in [0.29, 0.717) is 13.0 Å². The second-order valence-corrected chi connectivity index (χ2v) is 6.48. The van der Waals surface area contributed by atoms with Crippen LogP contribution in [0.1, 0.15) is 48.5 Å². The maximum Gasteiger partial charge on any atom is 0.318 e. The summed E-state index contributed by atoms with van der Waals surface area (Å²) in [5.41, 5.74) is 3.57. The van der Waals surface area contributed by atoms with Gasteiger partial charge in [0.05, 0.1) is 12.1 Å². The van der Waals surface area contributed by atoms with Crippen LogP contribution in [0.5, 0.6) is 0 Å². The molecule has 2 N–H and O–H groups in total. The zero-order valence-electron chi connectivity index (χ0n) is 14.6. The topological polar surface area (TPSA) is 65.5 Å². The molecule has 2 atom stereocenters. The molecule has 5 nitrogen and oxygen atoms in total. The maximum atomic E-state index is 12.9. The highest BCUT2D eigenvalue weighted by Crippen LogP contribution is 2.35. The molecular formula is C20H25N3O2. The second kappa shape index (κ2) is 8.12. The number of rotatable bonds is 6. The molecule has 0 unspecified atom stereocenters. The molecule has 2 aromatic rings. The van der Waals surface area contributed by atoms with Crippen molar-refractivity contribution in [3.05, 3.63) is 65.5 Å². The summed E-state index contributed by atoms with van der Waals surface area (Å²) >= 11 is 0. The quantitative estimate of drug-likeness (QED) is 0.849. The Labute approximate surface area is 148 Å². The minimum Gasteiger partial charge on any atom is -0.396 e. The van der Waals surface area contributed by atoms with Crippen molar-refractivity contribution >= 4 is 6.03 Å². The van der Waals surface area contributed by atoms with Gasteiger partial charge in [-0.25, -0.2) is 4.79 Å². The van der Waals surface area contributed by atoms with Crippen LogP contribution in [0, 0.1) is 0 Å². The van der Waals surface area contributed by atoms with E-state index in [1.54, 1.807) is 12.4 Å².